The van der Waals surface area contributed by atoms with Crippen LogP contribution < -0.4 is 10.6 Å². The zero-order valence-electron chi connectivity index (χ0n) is 11.2. The number of aliphatic hydroxyl groups excluding tert-OH is 1. The normalized spacial score (nSPS) is 17.1. The average molecular weight is 272 g/mol. The molecular formula is C15H16N2O3. The van der Waals surface area contributed by atoms with Crippen LogP contribution in [-0.2, 0) is 4.79 Å². The van der Waals surface area contributed by atoms with Gasteiger partial charge in [0.25, 0.3) is 5.91 Å². The molecule has 5 nitrogen and oxygen atoms in total. The predicted octanol–water partition coefficient (Wildman–Crippen LogP) is -0.0429. The van der Waals surface area contributed by atoms with E-state index in [0.717, 1.165) is 5.56 Å². The SMILES string of the molecule is Cc1cc(C#CCO)cc(C(=O)NC2CNC(=O)C2)c1. The van der Waals surface area contributed by atoms with E-state index in [2.05, 4.69) is 22.5 Å². The van der Waals surface area contributed by atoms with Gasteiger partial charge in [-0.1, -0.05) is 11.8 Å². The number of amides is 2. The van der Waals surface area contributed by atoms with Crippen LogP contribution in [0.1, 0.15) is 27.9 Å². The quantitative estimate of drug-likeness (QED) is 0.661. The van der Waals surface area contributed by atoms with Crippen LogP contribution in [0.3, 0.4) is 0 Å². The summed E-state index contributed by atoms with van der Waals surface area (Å²) >= 11 is 0. The Labute approximate surface area is 117 Å². The fraction of sp³-hybridized carbons (Fsp3) is 0.333. The molecule has 1 aliphatic rings. The van der Waals surface area contributed by atoms with E-state index in [1.807, 2.05) is 13.0 Å². The first kappa shape index (κ1) is 14.1. The second-order valence-electron chi connectivity index (χ2n) is 4.73. The maximum atomic E-state index is 12.1. The highest BCUT2D eigenvalue weighted by molar-refractivity contribution is 5.95. The highest BCUT2D eigenvalue weighted by atomic mass is 16.2. The third-order valence-electron chi connectivity index (χ3n) is 2.96. The van der Waals surface area contributed by atoms with Crippen LogP contribution in [0.2, 0.25) is 0 Å². The Morgan fingerprint density at radius 3 is 2.95 bits per heavy atom. The molecule has 1 unspecified atom stereocenters. The Balaban J connectivity index is 2.13. The van der Waals surface area contributed by atoms with Crippen LogP contribution in [0.4, 0.5) is 0 Å². The predicted molar refractivity (Wildman–Crippen MR) is 74.0 cm³/mol. The number of benzene rings is 1. The smallest absolute Gasteiger partial charge is 0.251 e. The Morgan fingerprint density at radius 1 is 1.50 bits per heavy atom. The molecule has 2 rings (SSSR count). The van der Waals surface area contributed by atoms with Crippen molar-refractivity contribution in [2.24, 2.45) is 0 Å². The Morgan fingerprint density at radius 2 is 2.30 bits per heavy atom. The van der Waals surface area contributed by atoms with Gasteiger partial charge < -0.3 is 15.7 Å². The van der Waals surface area contributed by atoms with Crippen LogP contribution in [0.25, 0.3) is 0 Å². The molecule has 20 heavy (non-hydrogen) atoms. The summed E-state index contributed by atoms with van der Waals surface area (Å²) in [6.45, 7) is 2.13. The van der Waals surface area contributed by atoms with Crippen LogP contribution in [0, 0.1) is 18.8 Å². The number of aryl methyl sites for hydroxylation is 1. The second-order valence-corrected chi connectivity index (χ2v) is 4.73. The molecule has 0 saturated carbocycles. The van der Waals surface area contributed by atoms with E-state index in [1.165, 1.54) is 0 Å². The summed E-state index contributed by atoms with van der Waals surface area (Å²) < 4.78 is 0. The van der Waals surface area contributed by atoms with Gasteiger partial charge in [-0.15, -0.1) is 0 Å². The number of hydrogen-bond acceptors (Lipinski definition) is 3. The average Bonchev–Trinajstić information content (AvgIpc) is 2.81. The van der Waals surface area contributed by atoms with E-state index in [1.54, 1.807) is 12.1 Å². The Bertz CT molecular complexity index is 599. The van der Waals surface area contributed by atoms with Gasteiger partial charge >= 0.3 is 0 Å². The maximum Gasteiger partial charge on any atom is 0.251 e. The molecule has 5 heteroatoms. The van der Waals surface area contributed by atoms with Crippen molar-refractivity contribution >= 4 is 11.8 Å². The van der Waals surface area contributed by atoms with E-state index >= 15 is 0 Å². The highest BCUT2D eigenvalue weighted by Crippen LogP contribution is 2.10. The lowest BCUT2D eigenvalue weighted by Crippen LogP contribution is -2.36. The Hall–Kier alpha value is -2.32. The molecule has 1 saturated heterocycles. The first-order valence-electron chi connectivity index (χ1n) is 6.37. The number of hydrogen-bond donors (Lipinski definition) is 3. The van der Waals surface area contributed by atoms with E-state index < -0.39 is 0 Å². The van der Waals surface area contributed by atoms with Crippen molar-refractivity contribution in [2.75, 3.05) is 13.2 Å². The summed E-state index contributed by atoms with van der Waals surface area (Å²) in [5.41, 5.74) is 2.11. The first-order valence-corrected chi connectivity index (χ1v) is 6.37. The van der Waals surface area contributed by atoms with Crippen LogP contribution in [-0.4, -0.2) is 36.1 Å². The van der Waals surface area contributed by atoms with Crippen LogP contribution >= 0.6 is 0 Å². The molecule has 1 aromatic rings. The second kappa shape index (κ2) is 6.22. The molecule has 0 bridgehead atoms. The largest absolute Gasteiger partial charge is 0.384 e. The number of nitrogens with one attached hydrogen (secondary N) is 2. The number of carbonyl (C=O) groups excluding carboxylic acids is 2. The monoisotopic (exact) mass is 272 g/mol. The summed E-state index contributed by atoms with van der Waals surface area (Å²) in [6.07, 6.45) is 0.314. The van der Waals surface area contributed by atoms with Crippen molar-refractivity contribution in [3.63, 3.8) is 0 Å². The summed E-state index contributed by atoms with van der Waals surface area (Å²) in [4.78, 5) is 23.2. The first-order chi connectivity index (χ1) is 9.58. The lowest BCUT2D eigenvalue weighted by atomic mass is 10.1. The lowest BCUT2D eigenvalue weighted by molar-refractivity contribution is -0.119. The minimum Gasteiger partial charge on any atom is -0.384 e. The minimum atomic E-state index is -0.220. The molecule has 104 valence electrons. The molecule has 1 aromatic carbocycles. The van der Waals surface area contributed by atoms with Gasteiger partial charge in [-0.3, -0.25) is 9.59 Å². The molecule has 0 radical (unpaired) electrons. The summed E-state index contributed by atoms with van der Waals surface area (Å²) in [5.74, 6) is 5.07. The van der Waals surface area contributed by atoms with Gasteiger partial charge in [-0.25, -0.2) is 0 Å². The van der Waals surface area contributed by atoms with Gasteiger partial charge in [-0.2, -0.15) is 0 Å². The van der Waals surface area contributed by atoms with Crippen molar-refractivity contribution in [1.82, 2.24) is 10.6 Å². The van der Waals surface area contributed by atoms with E-state index in [0.29, 0.717) is 24.1 Å². The maximum absolute atomic E-state index is 12.1. The summed E-state index contributed by atoms with van der Waals surface area (Å²) in [6, 6.07) is 5.13. The van der Waals surface area contributed by atoms with Crippen LogP contribution in [0.15, 0.2) is 18.2 Å². The van der Waals surface area contributed by atoms with E-state index in [9.17, 15) is 9.59 Å². The fourth-order valence-corrected chi connectivity index (χ4v) is 2.10. The van der Waals surface area contributed by atoms with Gasteiger partial charge in [0, 0.05) is 24.1 Å². The minimum absolute atomic E-state index is 0.0472. The Kier molecular flexibility index (Phi) is 4.38. The van der Waals surface area contributed by atoms with Crippen molar-refractivity contribution in [3.05, 3.63) is 34.9 Å². The zero-order valence-corrected chi connectivity index (χ0v) is 11.2. The third-order valence-corrected chi connectivity index (χ3v) is 2.96. The van der Waals surface area contributed by atoms with Gasteiger partial charge in [-0.05, 0) is 30.7 Å². The molecule has 0 aromatic heterocycles. The topological polar surface area (TPSA) is 78.4 Å². The molecule has 2 amide bonds. The van der Waals surface area contributed by atoms with Gasteiger partial charge in [0.1, 0.15) is 6.61 Å². The summed E-state index contributed by atoms with van der Waals surface area (Å²) in [7, 11) is 0. The molecule has 1 heterocycles. The highest BCUT2D eigenvalue weighted by Gasteiger charge is 2.23. The number of carbonyl (C=O) groups is 2. The van der Waals surface area contributed by atoms with E-state index in [4.69, 9.17) is 5.11 Å². The number of aliphatic hydroxyl groups is 1. The van der Waals surface area contributed by atoms with Gasteiger partial charge in [0.2, 0.25) is 5.91 Å². The lowest BCUT2D eigenvalue weighted by Gasteiger charge is -2.11. The van der Waals surface area contributed by atoms with Crippen molar-refractivity contribution < 1.29 is 14.7 Å². The number of rotatable bonds is 2. The molecule has 0 spiro atoms. The van der Waals surface area contributed by atoms with Crippen LogP contribution in [0.5, 0.6) is 0 Å². The van der Waals surface area contributed by atoms with E-state index in [-0.39, 0.29) is 24.5 Å². The molecular weight excluding hydrogens is 256 g/mol. The zero-order chi connectivity index (χ0) is 14.5. The summed E-state index contributed by atoms with van der Waals surface area (Å²) in [5, 5.41) is 14.2. The molecule has 1 atom stereocenters. The standard InChI is InChI=1S/C15H16N2O3/c1-10-5-11(3-2-4-18)7-12(6-10)15(20)17-13-8-14(19)16-9-13/h5-7,13,18H,4,8-9H2,1H3,(H,16,19)(H,17,20). The fourth-order valence-electron chi connectivity index (χ4n) is 2.10. The van der Waals surface area contributed by atoms with Gasteiger partial charge in [0.15, 0.2) is 0 Å². The molecule has 1 aliphatic heterocycles. The molecule has 0 aliphatic carbocycles. The molecule has 1 fully saturated rings. The van der Waals surface area contributed by atoms with Crippen molar-refractivity contribution in [2.45, 2.75) is 19.4 Å². The third kappa shape index (κ3) is 3.59. The molecule has 3 N–H and O–H groups in total. The van der Waals surface area contributed by atoms with Crippen molar-refractivity contribution in [1.29, 1.82) is 0 Å². The van der Waals surface area contributed by atoms with Crippen molar-refractivity contribution in [3.8, 4) is 11.8 Å². The van der Waals surface area contributed by atoms with Gasteiger partial charge in [0.05, 0.1) is 6.04 Å².